The third-order valence-electron chi connectivity index (χ3n) is 4.62. The summed E-state index contributed by atoms with van der Waals surface area (Å²) in [7, 11) is 0. The van der Waals surface area contributed by atoms with Gasteiger partial charge in [-0.25, -0.2) is 9.97 Å². The van der Waals surface area contributed by atoms with Crippen LogP contribution in [0.5, 0.6) is 0 Å². The van der Waals surface area contributed by atoms with E-state index in [9.17, 15) is 0 Å². The van der Waals surface area contributed by atoms with Gasteiger partial charge in [0.15, 0.2) is 10.9 Å². The fourth-order valence-corrected chi connectivity index (χ4v) is 4.08. The zero-order valence-corrected chi connectivity index (χ0v) is 15.7. The van der Waals surface area contributed by atoms with Crippen LogP contribution in [0.25, 0.3) is 0 Å². The van der Waals surface area contributed by atoms with E-state index in [2.05, 4.69) is 44.3 Å². The van der Waals surface area contributed by atoms with Crippen molar-refractivity contribution < 1.29 is 4.52 Å². The first-order valence-corrected chi connectivity index (χ1v) is 9.91. The van der Waals surface area contributed by atoms with Crippen LogP contribution in [0.2, 0.25) is 0 Å². The minimum Gasteiger partial charge on any atom is -0.359 e. The number of aryl methyl sites for hydroxylation is 1. The predicted octanol–water partition coefficient (Wildman–Crippen LogP) is 4.40. The van der Waals surface area contributed by atoms with Gasteiger partial charge >= 0.3 is 0 Å². The summed E-state index contributed by atoms with van der Waals surface area (Å²) in [6, 6.07) is 12.8. The summed E-state index contributed by atoms with van der Waals surface area (Å²) in [5, 5.41) is 4.85. The lowest BCUT2D eigenvalue weighted by Gasteiger charge is -2.21. The first kappa shape index (κ1) is 17.2. The van der Waals surface area contributed by atoms with Crippen LogP contribution in [-0.4, -0.2) is 26.6 Å². The van der Waals surface area contributed by atoms with Crippen LogP contribution in [0.4, 0.5) is 0 Å². The zero-order chi connectivity index (χ0) is 17.8. The Morgan fingerprint density at radius 1 is 1.15 bits per heavy atom. The van der Waals surface area contributed by atoms with Gasteiger partial charge in [-0.15, -0.1) is 0 Å². The summed E-state index contributed by atoms with van der Waals surface area (Å²) in [6.45, 7) is 3.87. The van der Waals surface area contributed by atoms with Crippen molar-refractivity contribution in [1.82, 2.24) is 20.0 Å². The minimum atomic E-state index is 0.309. The van der Waals surface area contributed by atoms with E-state index in [1.807, 2.05) is 31.5 Å². The number of aromatic nitrogens is 3. The van der Waals surface area contributed by atoms with Gasteiger partial charge in [-0.05, 0) is 31.9 Å². The third kappa shape index (κ3) is 4.14. The molecule has 0 N–H and O–H groups in total. The lowest BCUT2D eigenvalue weighted by atomic mass is 10.1. The molecule has 0 saturated carbocycles. The average Bonchev–Trinajstić information content (AvgIpc) is 3.31. The van der Waals surface area contributed by atoms with Gasteiger partial charge < -0.3 is 4.52 Å². The summed E-state index contributed by atoms with van der Waals surface area (Å²) >= 11 is 1.67. The quantitative estimate of drug-likeness (QED) is 0.476. The maximum atomic E-state index is 5.48. The molecule has 0 spiro atoms. The second-order valence-electron chi connectivity index (χ2n) is 6.65. The largest absolute Gasteiger partial charge is 0.359 e. The Bertz CT molecular complexity index is 835. The van der Waals surface area contributed by atoms with Gasteiger partial charge in [-0.3, -0.25) is 4.90 Å². The first-order valence-electron chi connectivity index (χ1n) is 8.93. The predicted molar refractivity (Wildman–Crippen MR) is 102 cm³/mol. The molecule has 1 fully saturated rings. The van der Waals surface area contributed by atoms with Crippen molar-refractivity contribution in [3.05, 3.63) is 71.4 Å². The fourth-order valence-electron chi connectivity index (χ4n) is 3.33. The minimum absolute atomic E-state index is 0.309. The Hall–Kier alpha value is -2.18. The number of benzene rings is 1. The fraction of sp³-hybridized carbons (Fsp3) is 0.350. The standard InChI is InChI=1S/C20H22N4OS/c1-15-10-19(25-23-15)18-8-5-9-24(18)13-17-11-21-20(22-12-17)26-14-16-6-3-2-4-7-16/h2-4,6-7,10-12,18H,5,8-9,13-14H2,1H3. The number of hydrogen-bond donors (Lipinski definition) is 0. The number of hydrogen-bond acceptors (Lipinski definition) is 6. The molecule has 0 bridgehead atoms. The van der Waals surface area contributed by atoms with Crippen molar-refractivity contribution in [3.8, 4) is 0 Å². The van der Waals surface area contributed by atoms with Crippen molar-refractivity contribution in [3.63, 3.8) is 0 Å². The monoisotopic (exact) mass is 366 g/mol. The molecule has 26 heavy (non-hydrogen) atoms. The Balaban J connectivity index is 1.36. The van der Waals surface area contributed by atoms with Crippen molar-refractivity contribution in [2.45, 2.75) is 43.3 Å². The first-order chi connectivity index (χ1) is 12.8. The Morgan fingerprint density at radius 3 is 2.69 bits per heavy atom. The molecule has 0 amide bonds. The Morgan fingerprint density at radius 2 is 1.96 bits per heavy atom. The molecule has 0 aliphatic carbocycles. The van der Waals surface area contributed by atoms with Crippen LogP contribution < -0.4 is 0 Å². The molecule has 3 aromatic rings. The molecule has 5 nitrogen and oxygen atoms in total. The van der Waals surface area contributed by atoms with Crippen LogP contribution in [0.1, 0.15) is 41.5 Å². The maximum Gasteiger partial charge on any atom is 0.187 e. The lowest BCUT2D eigenvalue weighted by Crippen LogP contribution is -2.22. The lowest BCUT2D eigenvalue weighted by molar-refractivity contribution is 0.206. The molecule has 1 aliphatic heterocycles. The molecule has 134 valence electrons. The summed E-state index contributed by atoms with van der Waals surface area (Å²) in [6.07, 6.45) is 6.18. The van der Waals surface area contributed by atoms with Crippen LogP contribution in [0, 0.1) is 6.92 Å². The molecule has 4 rings (SSSR count). The summed E-state index contributed by atoms with van der Waals surface area (Å²) in [5.74, 6) is 1.86. The highest BCUT2D eigenvalue weighted by molar-refractivity contribution is 7.98. The summed E-state index contributed by atoms with van der Waals surface area (Å²) < 4.78 is 5.48. The molecular weight excluding hydrogens is 344 g/mol. The van der Waals surface area contributed by atoms with E-state index in [0.717, 1.165) is 47.4 Å². The second kappa shape index (κ2) is 8.01. The molecule has 3 heterocycles. The molecule has 6 heteroatoms. The number of likely N-dealkylation sites (tertiary alicyclic amines) is 1. The van der Waals surface area contributed by atoms with E-state index >= 15 is 0 Å². The van der Waals surface area contributed by atoms with E-state index < -0.39 is 0 Å². The van der Waals surface area contributed by atoms with Gasteiger partial charge in [0.2, 0.25) is 0 Å². The topological polar surface area (TPSA) is 55.1 Å². The Kier molecular flexibility index (Phi) is 5.32. The molecule has 2 aromatic heterocycles. The van der Waals surface area contributed by atoms with Gasteiger partial charge in [-0.1, -0.05) is 47.3 Å². The molecule has 1 unspecified atom stereocenters. The number of nitrogens with zero attached hydrogens (tertiary/aromatic N) is 4. The third-order valence-corrected chi connectivity index (χ3v) is 5.56. The molecule has 0 radical (unpaired) electrons. The van der Waals surface area contributed by atoms with Crippen molar-refractivity contribution in [2.24, 2.45) is 0 Å². The SMILES string of the molecule is Cc1cc(C2CCCN2Cc2cnc(SCc3ccccc3)nc2)on1. The molecule has 1 aliphatic rings. The van der Waals surface area contributed by atoms with Crippen molar-refractivity contribution in [1.29, 1.82) is 0 Å². The van der Waals surface area contributed by atoms with Crippen molar-refractivity contribution in [2.75, 3.05) is 6.54 Å². The van der Waals surface area contributed by atoms with E-state index in [0.29, 0.717) is 6.04 Å². The average molecular weight is 366 g/mol. The summed E-state index contributed by atoms with van der Waals surface area (Å²) in [4.78, 5) is 11.5. The van der Waals surface area contributed by atoms with Crippen LogP contribution in [-0.2, 0) is 12.3 Å². The van der Waals surface area contributed by atoms with E-state index in [1.54, 1.807) is 11.8 Å². The van der Waals surface area contributed by atoms with Gasteiger partial charge in [-0.2, -0.15) is 0 Å². The van der Waals surface area contributed by atoms with Crippen LogP contribution in [0.3, 0.4) is 0 Å². The van der Waals surface area contributed by atoms with E-state index in [1.165, 1.54) is 12.0 Å². The van der Waals surface area contributed by atoms with Crippen molar-refractivity contribution >= 4 is 11.8 Å². The van der Waals surface area contributed by atoms with Gasteiger partial charge in [0.05, 0.1) is 11.7 Å². The highest BCUT2D eigenvalue weighted by atomic mass is 32.2. The molecule has 1 atom stereocenters. The highest BCUT2D eigenvalue weighted by Crippen LogP contribution is 2.33. The number of rotatable bonds is 6. The van der Waals surface area contributed by atoms with Gasteiger partial charge in [0, 0.05) is 36.3 Å². The van der Waals surface area contributed by atoms with E-state index in [-0.39, 0.29) is 0 Å². The molecule has 1 saturated heterocycles. The zero-order valence-electron chi connectivity index (χ0n) is 14.8. The van der Waals surface area contributed by atoms with Crippen LogP contribution in [0.15, 0.2) is 58.5 Å². The maximum absolute atomic E-state index is 5.48. The number of thioether (sulfide) groups is 1. The van der Waals surface area contributed by atoms with Gasteiger partial charge in [0.1, 0.15) is 0 Å². The molecule has 1 aromatic carbocycles. The second-order valence-corrected chi connectivity index (χ2v) is 7.59. The smallest absolute Gasteiger partial charge is 0.187 e. The normalized spacial score (nSPS) is 17.7. The van der Waals surface area contributed by atoms with E-state index in [4.69, 9.17) is 4.52 Å². The summed E-state index contributed by atoms with van der Waals surface area (Å²) in [5.41, 5.74) is 3.36. The Labute approximate surface area is 157 Å². The van der Waals surface area contributed by atoms with Gasteiger partial charge in [0.25, 0.3) is 0 Å². The van der Waals surface area contributed by atoms with Crippen LogP contribution >= 0.6 is 11.8 Å². The highest BCUT2D eigenvalue weighted by Gasteiger charge is 2.29. The molecular formula is C20H22N4OS.